The van der Waals surface area contributed by atoms with E-state index in [4.69, 9.17) is 5.73 Å². The lowest BCUT2D eigenvalue weighted by atomic mass is 9.95. The maximum atomic E-state index is 6.01. The number of aryl methyl sites for hydroxylation is 1. The van der Waals surface area contributed by atoms with Gasteiger partial charge in [0.25, 0.3) is 0 Å². The summed E-state index contributed by atoms with van der Waals surface area (Å²) >= 11 is 0. The first kappa shape index (κ1) is 9.25. The lowest BCUT2D eigenvalue weighted by molar-refractivity contribution is 0.740. The van der Waals surface area contributed by atoms with Gasteiger partial charge in [0.15, 0.2) is 0 Å². The molecule has 0 unspecified atom stereocenters. The van der Waals surface area contributed by atoms with E-state index in [-0.39, 0.29) is 0 Å². The van der Waals surface area contributed by atoms with E-state index in [1.165, 1.54) is 24.8 Å². The van der Waals surface area contributed by atoms with Crippen molar-refractivity contribution in [1.82, 2.24) is 4.98 Å². The summed E-state index contributed by atoms with van der Waals surface area (Å²) in [6.45, 7) is 2.03. The third-order valence-electron chi connectivity index (χ3n) is 2.80. The Labute approximate surface area is 84.9 Å². The van der Waals surface area contributed by atoms with E-state index in [9.17, 15) is 0 Å². The quantitative estimate of drug-likeness (QED) is 0.736. The second kappa shape index (κ2) is 3.82. The molecule has 2 N–H and O–H groups in total. The Morgan fingerprint density at radius 2 is 2.21 bits per heavy atom. The highest BCUT2D eigenvalue weighted by Crippen LogP contribution is 2.29. The van der Waals surface area contributed by atoms with Crippen molar-refractivity contribution in [2.45, 2.75) is 32.6 Å². The minimum Gasteiger partial charge on any atom is -0.397 e. The Hall–Kier alpha value is -1.31. The third kappa shape index (κ3) is 1.65. The third-order valence-corrected chi connectivity index (χ3v) is 2.80. The molecule has 1 aliphatic rings. The molecule has 0 amide bonds. The Kier molecular flexibility index (Phi) is 2.53. The van der Waals surface area contributed by atoms with Gasteiger partial charge in [0, 0.05) is 6.20 Å². The number of aromatic nitrogens is 1. The van der Waals surface area contributed by atoms with Crippen molar-refractivity contribution in [3.8, 4) is 0 Å². The molecule has 0 radical (unpaired) electrons. The fourth-order valence-electron chi connectivity index (χ4n) is 1.88. The monoisotopic (exact) mass is 188 g/mol. The van der Waals surface area contributed by atoms with Gasteiger partial charge in [-0.1, -0.05) is 6.08 Å². The van der Waals surface area contributed by atoms with Crippen molar-refractivity contribution in [2.24, 2.45) is 0 Å². The van der Waals surface area contributed by atoms with E-state index in [2.05, 4.69) is 11.1 Å². The van der Waals surface area contributed by atoms with Gasteiger partial charge in [-0.2, -0.15) is 0 Å². The van der Waals surface area contributed by atoms with E-state index in [0.29, 0.717) is 0 Å². The number of hydrogen-bond donors (Lipinski definition) is 1. The van der Waals surface area contributed by atoms with Crippen LogP contribution in [0.4, 0.5) is 5.69 Å². The fourth-order valence-corrected chi connectivity index (χ4v) is 1.88. The van der Waals surface area contributed by atoms with E-state index in [1.807, 2.05) is 19.2 Å². The topological polar surface area (TPSA) is 38.9 Å². The van der Waals surface area contributed by atoms with Gasteiger partial charge in [-0.05, 0) is 49.8 Å². The van der Waals surface area contributed by atoms with Crippen LogP contribution in [-0.4, -0.2) is 4.98 Å². The molecular formula is C12H16N2. The predicted molar refractivity (Wildman–Crippen MR) is 59.8 cm³/mol. The van der Waals surface area contributed by atoms with Crippen molar-refractivity contribution in [1.29, 1.82) is 0 Å². The summed E-state index contributed by atoms with van der Waals surface area (Å²) < 4.78 is 0. The molecule has 2 heteroatoms. The van der Waals surface area contributed by atoms with Crippen LogP contribution < -0.4 is 5.73 Å². The molecule has 2 nitrogen and oxygen atoms in total. The average Bonchev–Trinajstić information content (AvgIpc) is 2.23. The number of anilines is 1. The van der Waals surface area contributed by atoms with Gasteiger partial charge in [-0.25, -0.2) is 0 Å². The van der Waals surface area contributed by atoms with Crippen LogP contribution in [0.3, 0.4) is 0 Å². The van der Waals surface area contributed by atoms with E-state index in [0.717, 1.165) is 23.4 Å². The van der Waals surface area contributed by atoms with Gasteiger partial charge >= 0.3 is 0 Å². The number of allylic oxidation sites excluding steroid dienone is 2. The highest BCUT2D eigenvalue weighted by atomic mass is 14.7. The first-order valence-electron chi connectivity index (χ1n) is 5.19. The van der Waals surface area contributed by atoms with Crippen LogP contribution in [0.25, 0.3) is 5.57 Å². The second-order valence-corrected chi connectivity index (χ2v) is 3.87. The number of nitrogens with two attached hydrogens (primary N) is 1. The number of hydrogen-bond acceptors (Lipinski definition) is 2. The molecule has 74 valence electrons. The van der Waals surface area contributed by atoms with Gasteiger partial charge in [-0.15, -0.1) is 0 Å². The Balaban J connectivity index is 2.40. The van der Waals surface area contributed by atoms with Gasteiger partial charge in [-0.3, -0.25) is 4.98 Å². The molecule has 0 fully saturated rings. The van der Waals surface area contributed by atoms with Crippen molar-refractivity contribution in [3.63, 3.8) is 0 Å². The molecule has 0 saturated heterocycles. The van der Waals surface area contributed by atoms with E-state index >= 15 is 0 Å². The zero-order valence-corrected chi connectivity index (χ0v) is 8.59. The minimum absolute atomic E-state index is 0.848. The summed E-state index contributed by atoms with van der Waals surface area (Å²) in [6, 6.07) is 1.96. The van der Waals surface area contributed by atoms with E-state index < -0.39 is 0 Å². The lowest BCUT2D eigenvalue weighted by Crippen LogP contribution is -2.01. The van der Waals surface area contributed by atoms with Crippen LogP contribution in [0.15, 0.2) is 18.3 Å². The number of nitrogen functional groups attached to an aromatic ring is 1. The number of pyridine rings is 1. The first-order chi connectivity index (χ1) is 6.79. The number of nitrogens with zero attached hydrogens (tertiary/aromatic N) is 1. The van der Waals surface area contributed by atoms with Crippen LogP contribution in [0.5, 0.6) is 0 Å². The highest BCUT2D eigenvalue weighted by molar-refractivity contribution is 5.74. The Morgan fingerprint density at radius 1 is 1.36 bits per heavy atom. The summed E-state index contributed by atoms with van der Waals surface area (Å²) in [6.07, 6.45) is 8.99. The molecule has 1 aliphatic carbocycles. The van der Waals surface area contributed by atoms with Crippen LogP contribution in [-0.2, 0) is 0 Å². The molecule has 0 spiro atoms. The Morgan fingerprint density at radius 3 is 2.93 bits per heavy atom. The summed E-state index contributed by atoms with van der Waals surface area (Å²) in [7, 11) is 0. The molecule has 0 aromatic carbocycles. The molecule has 0 atom stereocenters. The van der Waals surface area contributed by atoms with Crippen molar-refractivity contribution < 1.29 is 0 Å². The lowest BCUT2D eigenvalue weighted by Gasteiger charge is -2.14. The zero-order chi connectivity index (χ0) is 9.97. The summed E-state index contributed by atoms with van der Waals surface area (Å²) in [4.78, 5) is 4.37. The Bertz CT molecular complexity index is 367. The fraction of sp³-hybridized carbons (Fsp3) is 0.417. The maximum absolute atomic E-state index is 6.01. The smallest absolute Gasteiger partial charge is 0.0890 e. The predicted octanol–water partition coefficient (Wildman–Crippen LogP) is 2.93. The van der Waals surface area contributed by atoms with E-state index in [1.54, 1.807) is 0 Å². The normalized spacial score (nSPS) is 16.5. The molecule has 1 aromatic heterocycles. The zero-order valence-electron chi connectivity index (χ0n) is 8.59. The molecule has 1 heterocycles. The SMILES string of the molecule is Cc1ccnc(C2=CCCCC2)c1N. The molecule has 1 aromatic rings. The van der Waals surface area contributed by atoms with Gasteiger partial charge < -0.3 is 5.73 Å². The molecule has 14 heavy (non-hydrogen) atoms. The summed E-state index contributed by atoms with van der Waals surface area (Å²) in [5, 5.41) is 0. The molecule has 0 bridgehead atoms. The second-order valence-electron chi connectivity index (χ2n) is 3.87. The van der Waals surface area contributed by atoms with Crippen molar-refractivity contribution in [2.75, 3.05) is 5.73 Å². The number of rotatable bonds is 1. The van der Waals surface area contributed by atoms with Crippen LogP contribution in [0, 0.1) is 6.92 Å². The van der Waals surface area contributed by atoms with Crippen LogP contribution >= 0.6 is 0 Å². The van der Waals surface area contributed by atoms with Gasteiger partial charge in [0.05, 0.1) is 11.4 Å². The summed E-state index contributed by atoms with van der Waals surface area (Å²) in [5.74, 6) is 0. The van der Waals surface area contributed by atoms with Crippen molar-refractivity contribution in [3.05, 3.63) is 29.6 Å². The van der Waals surface area contributed by atoms with Gasteiger partial charge in [0.2, 0.25) is 0 Å². The maximum Gasteiger partial charge on any atom is 0.0890 e. The molecular weight excluding hydrogens is 172 g/mol. The highest BCUT2D eigenvalue weighted by Gasteiger charge is 2.11. The first-order valence-corrected chi connectivity index (χ1v) is 5.19. The molecule has 0 saturated carbocycles. The van der Waals surface area contributed by atoms with Gasteiger partial charge in [0.1, 0.15) is 0 Å². The minimum atomic E-state index is 0.848. The van der Waals surface area contributed by atoms with Crippen molar-refractivity contribution >= 4 is 11.3 Å². The largest absolute Gasteiger partial charge is 0.397 e. The molecule has 2 rings (SSSR count). The summed E-state index contributed by atoms with van der Waals surface area (Å²) in [5.41, 5.74) is 10.3. The standard InChI is InChI=1S/C12H16N2/c1-9-7-8-14-12(11(9)13)10-5-3-2-4-6-10/h5,7-8H,2-4,6,13H2,1H3. The van der Waals surface area contributed by atoms with Crippen LogP contribution in [0.1, 0.15) is 36.9 Å². The molecule has 0 aliphatic heterocycles. The average molecular weight is 188 g/mol. The van der Waals surface area contributed by atoms with Crippen LogP contribution in [0.2, 0.25) is 0 Å².